The zero-order chi connectivity index (χ0) is 19.2. The van der Waals surface area contributed by atoms with Gasteiger partial charge in [0.05, 0.1) is 24.5 Å². The molecule has 1 aromatic carbocycles. The smallest absolute Gasteiger partial charge is 0.410 e. The third-order valence-corrected chi connectivity index (χ3v) is 5.15. The van der Waals surface area contributed by atoms with Gasteiger partial charge in [0.15, 0.2) is 5.60 Å². The van der Waals surface area contributed by atoms with Crippen molar-refractivity contribution in [2.24, 2.45) is 0 Å². The molecule has 1 N–H and O–H groups in total. The molecule has 2 aliphatic rings. The third-order valence-electron chi connectivity index (χ3n) is 5.15. The summed E-state index contributed by atoms with van der Waals surface area (Å²) in [6.45, 7) is 5.35. The molecule has 4 rings (SSSR count). The van der Waals surface area contributed by atoms with E-state index >= 15 is 0 Å². The number of nitrogens with one attached hydrogen (secondary N) is 1. The molecule has 0 aliphatic carbocycles. The van der Waals surface area contributed by atoms with E-state index in [0.29, 0.717) is 31.9 Å². The monoisotopic (exact) mass is 369 g/mol. The second kappa shape index (κ2) is 6.29. The number of hydrogen-bond acceptors (Lipinski definition) is 4. The molecule has 0 saturated carbocycles. The van der Waals surface area contributed by atoms with E-state index in [2.05, 4.69) is 10.4 Å². The fraction of sp³-hybridized carbons (Fsp3) is 0.421. The van der Waals surface area contributed by atoms with Gasteiger partial charge in [0.25, 0.3) is 0 Å². The number of carbonyl (C=O) groups excluding carboxylic acids is 2. The highest BCUT2D eigenvalue weighted by Gasteiger charge is 2.49. The molecule has 2 aromatic rings. The average molecular weight is 369 g/mol. The van der Waals surface area contributed by atoms with Gasteiger partial charge in [-0.05, 0) is 25.5 Å². The van der Waals surface area contributed by atoms with Gasteiger partial charge < -0.3 is 14.5 Å². The second-order valence-corrected chi connectivity index (χ2v) is 7.38. The Morgan fingerprint density at radius 3 is 2.74 bits per heavy atom. The van der Waals surface area contributed by atoms with E-state index in [4.69, 9.17) is 4.74 Å². The summed E-state index contributed by atoms with van der Waals surface area (Å²) in [6.07, 6.45) is 0.317. The molecule has 27 heavy (non-hydrogen) atoms. The first-order valence-corrected chi connectivity index (χ1v) is 9.00. The van der Waals surface area contributed by atoms with Crippen molar-refractivity contribution < 1.29 is 14.3 Å². The number of urea groups is 1. The molecular formula is C19H23N5O3. The first-order valence-electron chi connectivity index (χ1n) is 9.00. The maximum absolute atomic E-state index is 12.8. The van der Waals surface area contributed by atoms with Crippen LogP contribution in [0.15, 0.2) is 30.3 Å². The average Bonchev–Trinajstić information content (AvgIpc) is 3.27. The Labute approximate surface area is 157 Å². The van der Waals surface area contributed by atoms with Crippen LogP contribution in [0.3, 0.4) is 0 Å². The van der Waals surface area contributed by atoms with Crippen LogP contribution < -0.4 is 5.32 Å². The van der Waals surface area contributed by atoms with E-state index in [0.717, 1.165) is 16.9 Å². The van der Waals surface area contributed by atoms with Crippen molar-refractivity contribution in [2.75, 3.05) is 32.0 Å². The van der Waals surface area contributed by atoms with E-state index in [1.807, 2.05) is 44.2 Å². The van der Waals surface area contributed by atoms with Crippen molar-refractivity contribution in [3.63, 3.8) is 0 Å². The molecule has 2 fully saturated rings. The van der Waals surface area contributed by atoms with Gasteiger partial charge in [-0.1, -0.05) is 18.2 Å². The van der Waals surface area contributed by atoms with E-state index in [1.165, 1.54) is 0 Å². The number of benzene rings is 1. The molecule has 2 saturated heterocycles. The van der Waals surface area contributed by atoms with E-state index in [-0.39, 0.29) is 12.1 Å². The van der Waals surface area contributed by atoms with Gasteiger partial charge >= 0.3 is 12.1 Å². The molecule has 3 heterocycles. The van der Waals surface area contributed by atoms with Gasteiger partial charge in [-0.3, -0.25) is 5.32 Å². The Kier molecular flexibility index (Phi) is 4.05. The summed E-state index contributed by atoms with van der Waals surface area (Å²) in [5, 5.41) is 7.48. The quantitative estimate of drug-likeness (QED) is 0.882. The van der Waals surface area contributed by atoms with Crippen LogP contribution in [0.25, 0.3) is 5.69 Å². The molecule has 1 spiro atoms. The highest BCUT2D eigenvalue weighted by molar-refractivity contribution is 5.89. The number of carbonyl (C=O) groups is 2. The molecule has 3 amide bonds. The van der Waals surface area contributed by atoms with Gasteiger partial charge in [0.2, 0.25) is 0 Å². The number of ether oxygens (including phenoxy) is 1. The van der Waals surface area contributed by atoms with Crippen molar-refractivity contribution in [1.82, 2.24) is 19.6 Å². The van der Waals surface area contributed by atoms with Gasteiger partial charge in [-0.2, -0.15) is 5.10 Å². The molecule has 0 bridgehead atoms. The lowest BCUT2D eigenvalue weighted by molar-refractivity contribution is 0.0662. The SMILES string of the molecule is Cc1cc(NC(=O)N2CC[C@]3(CN(C)C(=O)O3)C2)n(-c2ccccc2C)n1. The summed E-state index contributed by atoms with van der Waals surface area (Å²) in [4.78, 5) is 27.8. The van der Waals surface area contributed by atoms with Gasteiger partial charge in [-0.15, -0.1) is 0 Å². The summed E-state index contributed by atoms with van der Waals surface area (Å²) in [5.41, 5.74) is 2.22. The molecule has 8 nitrogen and oxygen atoms in total. The number of para-hydroxylation sites is 1. The largest absolute Gasteiger partial charge is 0.439 e. The van der Waals surface area contributed by atoms with Crippen molar-refractivity contribution in [3.05, 3.63) is 41.6 Å². The van der Waals surface area contributed by atoms with Gasteiger partial charge in [-0.25, -0.2) is 14.3 Å². The molecule has 1 atom stereocenters. The number of rotatable bonds is 2. The van der Waals surface area contributed by atoms with Crippen molar-refractivity contribution in [2.45, 2.75) is 25.9 Å². The van der Waals surface area contributed by atoms with Crippen molar-refractivity contribution >= 4 is 17.9 Å². The van der Waals surface area contributed by atoms with Crippen LogP contribution in [0.2, 0.25) is 0 Å². The molecule has 8 heteroatoms. The summed E-state index contributed by atoms with van der Waals surface area (Å²) in [5.74, 6) is 0.619. The van der Waals surface area contributed by atoms with Crippen LogP contribution in [-0.2, 0) is 4.74 Å². The molecule has 1 aromatic heterocycles. The first kappa shape index (κ1) is 17.4. The Hall–Kier alpha value is -3.03. The number of anilines is 1. The Morgan fingerprint density at radius 1 is 1.26 bits per heavy atom. The van der Waals surface area contributed by atoms with E-state index in [9.17, 15) is 9.59 Å². The highest BCUT2D eigenvalue weighted by Crippen LogP contribution is 2.32. The minimum Gasteiger partial charge on any atom is -0.439 e. The Bertz CT molecular complexity index is 909. The van der Waals surface area contributed by atoms with E-state index < -0.39 is 5.60 Å². The normalized spacial score (nSPS) is 21.8. The fourth-order valence-corrected chi connectivity index (χ4v) is 3.78. The zero-order valence-corrected chi connectivity index (χ0v) is 15.7. The van der Waals surface area contributed by atoms with Crippen LogP contribution in [0, 0.1) is 13.8 Å². The number of amides is 3. The van der Waals surface area contributed by atoms with Crippen LogP contribution in [0.5, 0.6) is 0 Å². The van der Waals surface area contributed by atoms with Crippen LogP contribution >= 0.6 is 0 Å². The topological polar surface area (TPSA) is 79.7 Å². The predicted octanol–water partition coefficient (Wildman–Crippen LogP) is 2.55. The lowest BCUT2D eigenvalue weighted by Crippen LogP contribution is -2.40. The number of hydrogen-bond donors (Lipinski definition) is 1. The summed E-state index contributed by atoms with van der Waals surface area (Å²) >= 11 is 0. The lowest BCUT2D eigenvalue weighted by atomic mass is 10.0. The number of aromatic nitrogens is 2. The molecule has 2 aliphatic heterocycles. The Balaban J connectivity index is 1.52. The lowest BCUT2D eigenvalue weighted by Gasteiger charge is -2.22. The molecular weight excluding hydrogens is 346 g/mol. The minimum atomic E-state index is -0.588. The predicted molar refractivity (Wildman–Crippen MR) is 100 cm³/mol. The number of aryl methyl sites for hydroxylation is 2. The summed E-state index contributed by atoms with van der Waals surface area (Å²) in [7, 11) is 1.71. The van der Waals surface area contributed by atoms with Crippen LogP contribution in [0.4, 0.5) is 15.4 Å². The number of likely N-dealkylation sites (tertiary alicyclic amines) is 1. The van der Waals surface area contributed by atoms with E-state index in [1.54, 1.807) is 21.5 Å². The minimum absolute atomic E-state index is 0.216. The first-order chi connectivity index (χ1) is 12.9. The van der Waals surface area contributed by atoms with Gasteiger partial charge in [0.1, 0.15) is 5.82 Å². The van der Waals surface area contributed by atoms with Gasteiger partial charge in [0, 0.05) is 26.1 Å². The zero-order valence-electron chi connectivity index (χ0n) is 15.7. The van der Waals surface area contributed by atoms with Crippen LogP contribution in [0.1, 0.15) is 17.7 Å². The molecule has 0 radical (unpaired) electrons. The summed E-state index contributed by atoms with van der Waals surface area (Å²) in [6, 6.07) is 9.52. The second-order valence-electron chi connectivity index (χ2n) is 7.38. The van der Waals surface area contributed by atoms with Crippen molar-refractivity contribution in [1.29, 1.82) is 0 Å². The standard InChI is InChI=1S/C19H23N5O3/c1-13-6-4-5-7-15(13)24-16(10-14(2)21-24)20-17(25)23-9-8-19(12-23)11-22(3)18(26)27-19/h4-7,10H,8-9,11-12H2,1-3H3,(H,20,25)/t19-/m0/s1. The number of nitrogens with zero attached hydrogens (tertiary/aromatic N) is 4. The molecule has 142 valence electrons. The van der Waals surface area contributed by atoms with Crippen LogP contribution in [-0.4, -0.2) is 64.0 Å². The molecule has 0 unspecified atom stereocenters. The maximum atomic E-state index is 12.8. The fourth-order valence-electron chi connectivity index (χ4n) is 3.78. The summed E-state index contributed by atoms with van der Waals surface area (Å²) < 4.78 is 7.26. The Morgan fingerprint density at radius 2 is 2.04 bits per heavy atom. The maximum Gasteiger partial charge on any atom is 0.410 e. The number of likely N-dealkylation sites (N-methyl/N-ethyl adjacent to an activating group) is 1. The third kappa shape index (κ3) is 3.11. The highest BCUT2D eigenvalue weighted by atomic mass is 16.6. The van der Waals surface area contributed by atoms with Crippen molar-refractivity contribution in [3.8, 4) is 5.69 Å².